The quantitative estimate of drug-likeness (QED) is 0.170. The average Bonchev–Trinajstić information content (AvgIpc) is 3.13. The Hall–Kier alpha value is -6.08. The smallest absolute Gasteiger partial charge is 0.0321 e. The Balaban J connectivity index is 0.000000181. The lowest BCUT2D eigenvalue weighted by atomic mass is 10.1. The fraction of sp³-hybridized carbons (Fsp3) is 0.0435. The molecule has 0 nitrogen and oxygen atoms in total. The molecule has 6 aromatic carbocycles. The van der Waals surface area contributed by atoms with Crippen molar-refractivity contribution in [1.82, 2.24) is 0 Å². The van der Waals surface area contributed by atoms with E-state index in [4.69, 9.17) is 0 Å². The third-order valence-electron chi connectivity index (χ3n) is 7.14. The predicted octanol–water partition coefficient (Wildman–Crippen LogP) is 10.7. The van der Waals surface area contributed by atoms with Crippen molar-refractivity contribution in [3.8, 4) is 23.7 Å². The van der Waals surface area contributed by atoms with E-state index in [9.17, 15) is 0 Å². The van der Waals surface area contributed by atoms with Gasteiger partial charge in [-0.1, -0.05) is 181 Å². The van der Waals surface area contributed by atoms with E-state index in [1.807, 2.05) is 84.9 Å². The molecule has 0 aliphatic heterocycles. The molecule has 0 saturated heterocycles. The predicted molar refractivity (Wildman–Crippen MR) is 196 cm³/mol. The van der Waals surface area contributed by atoms with Crippen LogP contribution in [0.5, 0.6) is 0 Å². The van der Waals surface area contributed by atoms with E-state index in [1.54, 1.807) is 0 Å². The molecule has 46 heavy (non-hydrogen) atoms. The van der Waals surface area contributed by atoms with Gasteiger partial charge in [0.2, 0.25) is 0 Å². The molecule has 0 saturated carbocycles. The van der Waals surface area contributed by atoms with Crippen molar-refractivity contribution in [2.24, 2.45) is 0 Å². The minimum atomic E-state index is 0.932. The lowest BCUT2D eigenvalue weighted by Crippen LogP contribution is -1.83. The number of rotatable bonds is 6. The van der Waals surface area contributed by atoms with Crippen LogP contribution in [-0.4, -0.2) is 0 Å². The van der Waals surface area contributed by atoms with Gasteiger partial charge in [-0.15, -0.1) is 0 Å². The van der Waals surface area contributed by atoms with Crippen LogP contribution in [0.3, 0.4) is 0 Å². The highest BCUT2D eigenvalue weighted by molar-refractivity contribution is 5.61. The highest BCUT2D eigenvalue weighted by Crippen LogP contribution is 2.13. The molecule has 0 fully saturated rings. The molecule has 0 bridgehead atoms. The molecule has 0 aliphatic rings. The first-order valence-electron chi connectivity index (χ1n) is 15.6. The SMILES string of the molecule is C(#Cc1ccccc1/C=C/Cc1ccccc1)c1ccccc1.C(#Cc1ccccc1/C=C\Cc1ccccc1)c1ccccc1. The molecule has 6 rings (SSSR count). The van der Waals surface area contributed by atoms with Gasteiger partial charge in [-0.2, -0.15) is 0 Å². The second-order valence-electron chi connectivity index (χ2n) is 10.6. The third-order valence-corrected chi connectivity index (χ3v) is 7.14. The van der Waals surface area contributed by atoms with Crippen molar-refractivity contribution in [2.75, 3.05) is 0 Å². The number of benzene rings is 6. The second kappa shape index (κ2) is 17.9. The van der Waals surface area contributed by atoms with Gasteiger partial charge in [0.05, 0.1) is 0 Å². The van der Waals surface area contributed by atoms with Crippen molar-refractivity contribution in [3.05, 3.63) is 227 Å². The minimum Gasteiger partial charge on any atom is -0.0795 e. The Labute approximate surface area is 274 Å². The van der Waals surface area contributed by atoms with Gasteiger partial charge in [0.1, 0.15) is 0 Å². The first-order chi connectivity index (χ1) is 22.8. The van der Waals surface area contributed by atoms with Gasteiger partial charge < -0.3 is 0 Å². The minimum absolute atomic E-state index is 0.932. The number of hydrogen-bond acceptors (Lipinski definition) is 0. The maximum Gasteiger partial charge on any atom is 0.0321 e. The van der Waals surface area contributed by atoms with Crippen LogP contribution in [-0.2, 0) is 12.8 Å². The van der Waals surface area contributed by atoms with Gasteiger partial charge in [-0.05, 0) is 71.5 Å². The molecule has 0 spiro atoms. The molecule has 0 heterocycles. The van der Waals surface area contributed by atoms with Crippen molar-refractivity contribution < 1.29 is 0 Å². The van der Waals surface area contributed by atoms with Crippen molar-refractivity contribution in [2.45, 2.75) is 12.8 Å². The summed E-state index contributed by atoms with van der Waals surface area (Å²) < 4.78 is 0. The monoisotopic (exact) mass is 588 g/mol. The maximum absolute atomic E-state index is 3.28. The van der Waals surface area contributed by atoms with E-state index >= 15 is 0 Å². The standard InChI is InChI=1S/2C23H18/c2*1-3-10-20(11-4-1)14-9-17-22-15-7-8-16-23(22)19-18-21-12-5-2-6-13-21/h2*1-13,15-17H,14H2/b17-9+;17-9-. The van der Waals surface area contributed by atoms with E-state index in [0.717, 1.165) is 46.2 Å². The Morgan fingerprint density at radius 1 is 0.326 bits per heavy atom. The Kier molecular flexibility index (Phi) is 12.2. The third kappa shape index (κ3) is 10.6. The molecule has 0 aromatic heterocycles. The first-order valence-corrected chi connectivity index (χ1v) is 15.6. The van der Waals surface area contributed by atoms with Crippen LogP contribution in [0.4, 0.5) is 0 Å². The van der Waals surface area contributed by atoms with Crippen LogP contribution in [0.15, 0.2) is 182 Å². The molecule has 0 unspecified atom stereocenters. The van der Waals surface area contributed by atoms with Crippen LogP contribution in [0, 0.1) is 23.7 Å². The molecular weight excluding hydrogens is 553 g/mol. The molecule has 220 valence electrons. The van der Waals surface area contributed by atoms with E-state index in [-0.39, 0.29) is 0 Å². The fourth-order valence-electron chi connectivity index (χ4n) is 4.71. The average molecular weight is 589 g/mol. The summed E-state index contributed by atoms with van der Waals surface area (Å²) in [5.74, 6) is 13.0. The van der Waals surface area contributed by atoms with Gasteiger partial charge >= 0.3 is 0 Å². The Bertz CT molecular complexity index is 1810. The van der Waals surface area contributed by atoms with E-state index < -0.39 is 0 Å². The van der Waals surface area contributed by atoms with Crippen molar-refractivity contribution >= 4 is 12.2 Å². The summed E-state index contributed by atoms with van der Waals surface area (Å²) in [4.78, 5) is 0. The molecule has 0 amide bonds. The summed E-state index contributed by atoms with van der Waals surface area (Å²) in [6, 6.07) is 57.6. The highest BCUT2D eigenvalue weighted by Gasteiger charge is 1.96. The zero-order valence-electron chi connectivity index (χ0n) is 25.9. The zero-order valence-corrected chi connectivity index (χ0v) is 25.9. The molecule has 0 radical (unpaired) electrons. The lowest BCUT2D eigenvalue weighted by molar-refractivity contribution is 1.28. The first kappa shape index (κ1) is 31.3. The van der Waals surface area contributed by atoms with Gasteiger partial charge in [-0.25, -0.2) is 0 Å². The molecule has 0 heteroatoms. The Morgan fingerprint density at radius 3 is 1.04 bits per heavy atom. The highest BCUT2D eigenvalue weighted by atomic mass is 14.0. The topological polar surface area (TPSA) is 0 Å². The van der Waals surface area contributed by atoms with Gasteiger partial charge in [0.25, 0.3) is 0 Å². The summed E-state index contributed by atoms with van der Waals surface area (Å²) in [5.41, 5.74) is 9.14. The summed E-state index contributed by atoms with van der Waals surface area (Å²) >= 11 is 0. The van der Waals surface area contributed by atoms with Crippen LogP contribution >= 0.6 is 0 Å². The maximum atomic E-state index is 3.28. The molecule has 6 aromatic rings. The van der Waals surface area contributed by atoms with Gasteiger partial charge in [0, 0.05) is 22.3 Å². The molecule has 0 aliphatic carbocycles. The number of allylic oxidation sites excluding steroid dienone is 2. The molecule has 0 atom stereocenters. The summed E-state index contributed by atoms with van der Waals surface area (Å²) in [6.45, 7) is 0. The number of hydrogen-bond donors (Lipinski definition) is 0. The normalized spacial score (nSPS) is 10.3. The van der Waals surface area contributed by atoms with Crippen molar-refractivity contribution in [3.63, 3.8) is 0 Å². The zero-order chi connectivity index (χ0) is 31.5. The summed E-state index contributed by atoms with van der Waals surface area (Å²) in [7, 11) is 0. The summed E-state index contributed by atoms with van der Waals surface area (Å²) in [5, 5.41) is 0. The molecule has 0 N–H and O–H groups in total. The van der Waals surface area contributed by atoms with Crippen LogP contribution in [0.2, 0.25) is 0 Å². The van der Waals surface area contributed by atoms with Gasteiger partial charge in [0.15, 0.2) is 0 Å². The molecular formula is C46H36. The summed E-state index contributed by atoms with van der Waals surface area (Å²) in [6.07, 6.45) is 10.6. The van der Waals surface area contributed by atoms with Gasteiger partial charge in [-0.3, -0.25) is 0 Å². The largest absolute Gasteiger partial charge is 0.0795 e. The second-order valence-corrected chi connectivity index (χ2v) is 10.6. The fourth-order valence-corrected chi connectivity index (χ4v) is 4.71. The van der Waals surface area contributed by atoms with Crippen LogP contribution in [0.1, 0.15) is 44.5 Å². The van der Waals surface area contributed by atoms with E-state index in [2.05, 4.69) is 133 Å². The van der Waals surface area contributed by atoms with E-state index in [1.165, 1.54) is 11.1 Å². The van der Waals surface area contributed by atoms with Crippen LogP contribution in [0.25, 0.3) is 12.2 Å². The van der Waals surface area contributed by atoms with E-state index in [0.29, 0.717) is 0 Å². The van der Waals surface area contributed by atoms with Crippen molar-refractivity contribution in [1.29, 1.82) is 0 Å². The lowest BCUT2D eigenvalue weighted by Gasteiger charge is -1.99. The Morgan fingerprint density at radius 2 is 0.652 bits per heavy atom. The van der Waals surface area contributed by atoms with Crippen LogP contribution < -0.4 is 0 Å².